The van der Waals surface area contributed by atoms with Gasteiger partial charge in [-0.3, -0.25) is 18.7 Å². The zero-order valence-corrected chi connectivity index (χ0v) is 18.1. The zero-order valence-electron chi connectivity index (χ0n) is 18.1. The van der Waals surface area contributed by atoms with E-state index in [9.17, 15) is 27.6 Å². The molecule has 0 spiro atoms. The first kappa shape index (κ1) is 23.0. The van der Waals surface area contributed by atoms with Crippen molar-refractivity contribution in [2.75, 3.05) is 5.32 Å². The molecule has 1 heterocycles. The first-order chi connectivity index (χ1) is 16.1. The Morgan fingerprint density at radius 2 is 1.53 bits per heavy atom. The van der Waals surface area contributed by atoms with Crippen LogP contribution in [-0.4, -0.2) is 15.0 Å². The van der Waals surface area contributed by atoms with Gasteiger partial charge in [-0.25, -0.2) is 4.79 Å². The lowest BCUT2D eigenvalue weighted by molar-refractivity contribution is -0.137. The highest BCUT2D eigenvalue weighted by molar-refractivity contribution is 5.91. The number of aryl methyl sites for hydroxylation is 1. The van der Waals surface area contributed by atoms with Gasteiger partial charge in [0.05, 0.1) is 23.0 Å². The first-order valence-corrected chi connectivity index (χ1v) is 10.4. The monoisotopic (exact) mass is 467 g/mol. The van der Waals surface area contributed by atoms with E-state index in [1.165, 1.54) is 4.57 Å². The number of amides is 1. The van der Waals surface area contributed by atoms with Crippen molar-refractivity contribution in [3.05, 3.63) is 110 Å². The van der Waals surface area contributed by atoms with Crippen LogP contribution >= 0.6 is 0 Å². The van der Waals surface area contributed by atoms with Gasteiger partial charge in [0.25, 0.3) is 5.56 Å². The van der Waals surface area contributed by atoms with Gasteiger partial charge in [-0.05, 0) is 48.9 Å². The molecule has 0 aliphatic carbocycles. The van der Waals surface area contributed by atoms with Gasteiger partial charge in [0, 0.05) is 5.69 Å². The molecule has 6 nitrogen and oxygen atoms in total. The van der Waals surface area contributed by atoms with E-state index in [4.69, 9.17) is 0 Å². The number of nitrogens with one attached hydrogen (secondary N) is 1. The Kier molecular flexibility index (Phi) is 6.10. The Morgan fingerprint density at radius 3 is 2.18 bits per heavy atom. The summed E-state index contributed by atoms with van der Waals surface area (Å²) in [5, 5.41) is 2.77. The Morgan fingerprint density at radius 1 is 0.882 bits per heavy atom. The summed E-state index contributed by atoms with van der Waals surface area (Å²) >= 11 is 0. The van der Waals surface area contributed by atoms with Gasteiger partial charge in [-0.2, -0.15) is 13.2 Å². The number of carbonyl (C=O) groups is 1. The number of carbonyl (C=O) groups excluding carboxylic acids is 1. The number of alkyl halides is 3. The lowest BCUT2D eigenvalue weighted by Gasteiger charge is -2.14. The quantitative estimate of drug-likeness (QED) is 0.479. The molecule has 0 saturated heterocycles. The molecular formula is C25H20F3N3O3. The summed E-state index contributed by atoms with van der Waals surface area (Å²) in [5.74, 6) is -0.618. The minimum Gasteiger partial charge on any atom is -0.325 e. The van der Waals surface area contributed by atoms with Crippen LogP contribution < -0.4 is 16.6 Å². The molecule has 0 aliphatic heterocycles. The summed E-state index contributed by atoms with van der Waals surface area (Å²) < 4.78 is 40.5. The molecule has 4 aromatic rings. The number of halogens is 3. The van der Waals surface area contributed by atoms with Crippen molar-refractivity contribution in [2.24, 2.45) is 0 Å². The number of hydrogen-bond donors (Lipinski definition) is 1. The molecule has 1 N–H and O–H groups in total. The summed E-state index contributed by atoms with van der Waals surface area (Å²) in [4.78, 5) is 38.9. The molecule has 0 unspecified atom stereocenters. The van der Waals surface area contributed by atoms with E-state index in [2.05, 4.69) is 5.32 Å². The smallest absolute Gasteiger partial charge is 0.325 e. The van der Waals surface area contributed by atoms with E-state index in [-0.39, 0.29) is 17.6 Å². The Bertz CT molecular complexity index is 1470. The third-order valence-electron chi connectivity index (χ3n) is 5.39. The second-order valence-corrected chi connectivity index (χ2v) is 7.89. The van der Waals surface area contributed by atoms with E-state index < -0.39 is 35.4 Å². The molecular weight excluding hydrogens is 447 g/mol. The number of fused-ring (bicyclic) bond motifs is 1. The van der Waals surface area contributed by atoms with Crippen molar-refractivity contribution in [3.63, 3.8) is 0 Å². The van der Waals surface area contributed by atoms with Crippen LogP contribution in [0.1, 0.15) is 16.7 Å². The van der Waals surface area contributed by atoms with Crippen LogP contribution in [0, 0.1) is 6.92 Å². The number of para-hydroxylation sites is 1. The van der Waals surface area contributed by atoms with Crippen molar-refractivity contribution in [1.29, 1.82) is 0 Å². The van der Waals surface area contributed by atoms with Crippen molar-refractivity contribution in [2.45, 2.75) is 26.2 Å². The van der Waals surface area contributed by atoms with E-state index in [1.807, 2.05) is 31.2 Å². The normalized spacial score (nSPS) is 11.5. The number of hydrogen-bond acceptors (Lipinski definition) is 3. The van der Waals surface area contributed by atoms with E-state index in [0.29, 0.717) is 5.52 Å². The summed E-state index contributed by atoms with van der Waals surface area (Å²) in [6, 6.07) is 17.8. The second-order valence-electron chi connectivity index (χ2n) is 7.89. The number of rotatable bonds is 5. The molecule has 0 bridgehead atoms. The van der Waals surface area contributed by atoms with Gasteiger partial charge in [0.1, 0.15) is 6.54 Å². The lowest BCUT2D eigenvalue weighted by Crippen LogP contribution is -2.42. The van der Waals surface area contributed by atoms with Gasteiger partial charge >= 0.3 is 11.9 Å². The molecule has 3 aromatic carbocycles. The summed E-state index contributed by atoms with van der Waals surface area (Å²) in [6.07, 6.45) is -4.49. The fraction of sp³-hybridized carbons (Fsp3) is 0.160. The molecule has 0 aliphatic rings. The topological polar surface area (TPSA) is 73.1 Å². The average Bonchev–Trinajstić information content (AvgIpc) is 2.80. The van der Waals surface area contributed by atoms with E-state index in [0.717, 1.165) is 40.0 Å². The molecule has 34 heavy (non-hydrogen) atoms. The van der Waals surface area contributed by atoms with Crippen molar-refractivity contribution < 1.29 is 18.0 Å². The fourth-order valence-electron chi connectivity index (χ4n) is 3.63. The molecule has 0 atom stereocenters. The number of benzene rings is 3. The fourth-order valence-corrected chi connectivity index (χ4v) is 3.63. The van der Waals surface area contributed by atoms with Crippen LogP contribution in [0.4, 0.5) is 18.9 Å². The number of anilines is 1. The largest absolute Gasteiger partial charge is 0.416 e. The van der Waals surface area contributed by atoms with Gasteiger partial charge in [-0.1, -0.05) is 42.0 Å². The Labute approximate surface area is 191 Å². The molecule has 174 valence electrons. The standard InChI is InChI=1S/C25H20F3N3O3/c1-16-6-8-17(9-7-16)14-31-23(33)20-4-2-3-5-21(20)30(24(31)34)15-22(32)29-19-12-10-18(11-13-19)25(26,27)28/h2-13H,14-15H2,1H3,(H,29,32). The van der Waals surface area contributed by atoms with Gasteiger partial charge in [-0.15, -0.1) is 0 Å². The minimum atomic E-state index is -4.49. The molecule has 4 rings (SSSR count). The average molecular weight is 467 g/mol. The molecule has 0 saturated carbocycles. The SMILES string of the molecule is Cc1ccc(Cn2c(=O)c3ccccc3n(CC(=O)Nc3ccc(C(F)(F)F)cc3)c2=O)cc1. The Balaban J connectivity index is 1.67. The minimum absolute atomic E-state index is 0.0311. The summed E-state index contributed by atoms with van der Waals surface area (Å²) in [7, 11) is 0. The molecule has 1 aromatic heterocycles. The predicted molar refractivity (Wildman–Crippen MR) is 123 cm³/mol. The zero-order chi connectivity index (χ0) is 24.5. The highest BCUT2D eigenvalue weighted by atomic mass is 19.4. The van der Waals surface area contributed by atoms with E-state index in [1.54, 1.807) is 24.3 Å². The van der Waals surface area contributed by atoms with Gasteiger partial charge in [0.2, 0.25) is 5.91 Å². The van der Waals surface area contributed by atoms with Crippen LogP contribution in [0.5, 0.6) is 0 Å². The van der Waals surface area contributed by atoms with E-state index >= 15 is 0 Å². The maximum absolute atomic E-state index is 13.2. The molecule has 0 fully saturated rings. The molecule has 9 heteroatoms. The van der Waals surface area contributed by atoms with Crippen LogP contribution in [0.15, 0.2) is 82.4 Å². The third-order valence-corrected chi connectivity index (χ3v) is 5.39. The van der Waals surface area contributed by atoms with Crippen molar-refractivity contribution in [1.82, 2.24) is 9.13 Å². The van der Waals surface area contributed by atoms with Crippen molar-refractivity contribution in [3.8, 4) is 0 Å². The number of aromatic nitrogens is 2. The van der Waals surface area contributed by atoms with Crippen molar-refractivity contribution >= 4 is 22.5 Å². The maximum atomic E-state index is 13.2. The molecule has 0 radical (unpaired) electrons. The van der Waals surface area contributed by atoms with Gasteiger partial charge < -0.3 is 5.32 Å². The van der Waals surface area contributed by atoms with Crippen LogP contribution in [0.3, 0.4) is 0 Å². The highest BCUT2D eigenvalue weighted by Crippen LogP contribution is 2.29. The van der Waals surface area contributed by atoms with Crippen LogP contribution in [0.25, 0.3) is 10.9 Å². The van der Waals surface area contributed by atoms with Crippen LogP contribution in [-0.2, 0) is 24.1 Å². The Hall–Kier alpha value is -4.14. The maximum Gasteiger partial charge on any atom is 0.416 e. The second kappa shape index (κ2) is 9.01. The van der Waals surface area contributed by atoms with Gasteiger partial charge in [0.15, 0.2) is 0 Å². The molecule has 1 amide bonds. The summed E-state index contributed by atoms with van der Waals surface area (Å²) in [5.41, 5.74) is 0.264. The first-order valence-electron chi connectivity index (χ1n) is 10.4. The lowest BCUT2D eigenvalue weighted by atomic mass is 10.1. The van der Waals surface area contributed by atoms with Crippen LogP contribution in [0.2, 0.25) is 0 Å². The number of nitrogens with zero attached hydrogens (tertiary/aromatic N) is 2. The highest BCUT2D eigenvalue weighted by Gasteiger charge is 2.30. The third kappa shape index (κ3) is 4.78. The predicted octanol–water partition coefficient (Wildman–Crippen LogP) is 4.18. The summed E-state index contributed by atoms with van der Waals surface area (Å²) in [6.45, 7) is 1.53.